The molecule has 3 aromatic rings. The van der Waals surface area contributed by atoms with Crippen LogP contribution in [0.4, 0.5) is 13.2 Å². The minimum Gasteiger partial charge on any atom is -0.364 e. The van der Waals surface area contributed by atoms with Gasteiger partial charge in [-0.05, 0) is 23.8 Å². The molecule has 0 saturated heterocycles. The molecular weight excluding hydrogens is 333 g/mol. The van der Waals surface area contributed by atoms with Crippen LogP contribution in [0.5, 0.6) is 0 Å². The molecule has 2 N–H and O–H groups in total. The number of alkyl halides is 3. The number of rotatable bonds is 3. The molecule has 25 heavy (non-hydrogen) atoms. The molecular formula is C17H13F3N4O. The lowest BCUT2D eigenvalue weighted by Crippen LogP contribution is -2.16. The number of amides is 1. The molecule has 2 heterocycles. The van der Waals surface area contributed by atoms with Crippen LogP contribution >= 0.6 is 0 Å². The van der Waals surface area contributed by atoms with Gasteiger partial charge in [-0.3, -0.25) is 14.5 Å². The Labute approximate surface area is 140 Å². The molecule has 0 aliphatic rings. The third-order valence-electron chi connectivity index (χ3n) is 3.66. The fourth-order valence-corrected chi connectivity index (χ4v) is 2.65. The van der Waals surface area contributed by atoms with Crippen LogP contribution in [0.1, 0.15) is 16.2 Å². The topological polar surface area (TPSA) is 73.8 Å². The Morgan fingerprint density at radius 2 is 1.84 bits per heavy atom. The van der Waals surface area contributed by atoms with E-state index in [9.17, 15) is 18.0 Å². The van der Waals surface area contributed by atoms with Gasteiger partial charge in [0.15, 0.2) is 5.69 Å². The smallest absolute Gasteiger partial charge is 0.364 e. The first kappa shape index (κ1) is 16.7. The van der Waals surface area contributed by atoms with Crippen molar-refractivity contribution in [2.45, 2.75) is 6.18 Å². The summed E-state index contributed by atoms with van der Waals surface area (Å²) in [5.41, 5.74) is 4.90. The summed E-state index contributed by atoms with van der Waals surface area (Å²) in [6, 6.07) is 11.6. The largest absolute Gasteiger partial charge is 0.435 e. The summed E-state index contributed by atoms with van der Waals surface area (Å²) in [4.78, 5) is 15.9. The van der Waals surface area contributed by atoms with Crippen molar-refractivity contribution in [2.75, 3.05) is 0 Å². The van der Waals surface area contributed by atoms with Gasteiger partial charge in [-0.25, -0.2) is 0 Å². The van der Waals surface area contributed by atoms with Gasteiger partial charge in [0.05, 0.1) is 5.69 Å². The second-order valence-electron chi connectivity index (χ2n) is 5.35. The van der Waals surface area contributed by atoms with Crippen molar-refractivity contribution in [1.82, 2.24) is 14.8 Å². The normalized spacial score (nSPS) is 11.5. The molecule has 0 aliphatic heterocycles. The van der Waals surface area contributed by atoms with Crippen LogP contribution in [-0.4, -0.2) is 20.7 Å². The summed E-state index contributed by atoms with van der Waals surface area (Å²) in [6.45, 7) is 0. The van der Waals surface area contributed by atoms with E-state index in [2.05, 4.69) is 10.1 Å². The number of hydrogen-bond donors (Lipinski definition) is 1. The van der Waals surface area contributed by atoms with Crippen LogP contribution in [0, 0.1) is 0 Å². The predicted molar refractivity (Wildman–Crippen MR) is 85.4 cm³/mol. The highest BCUT2D eigenvalue weighted by molar-refractivity contribution is 5.99. The number of carbonyl (C=O) groups excluding carboxylic acids is 1. The molecule has 2 aromatic heterocycles. The van der Waals surface area contributed by atoms with E-state index in [1.165, 1.54) is 19.2 Å². The molecule has 3 rings (SSSR count). The average molecular weight is 346 g/mol. The zero-order valence-electron chi connectivity index (χ0n) is 13.1. The quantitative estimate of drug-likeness (QED) is 0.791. The van der Waals surface area contributed by atoms with Crippen LogP contribution in [0.25, 0.3) is 22.4 Å². The summed E-state index contributed by atoms with van der Waals surface area (Å²) in [6.07, 6.45) is -3.14. The van der Waals surface area contributed by atoms with Gasteiger partial charge in [0.25, 0.3) is 5.91 Å². The molecule has 0 saturated carbocycles. The van der Waals surface area contributed by atoms with E-state index in [-0.39, 0.29) is 16.8 Å². The second-order valence-corrected chi connectivity index (χ2v) is 5.35. The third kappa shape index (κ3) is 3.10. The summed E-state index contributed by atoms with van der Waals surface area (Å²) in [5.74, 6) is -0.983. The fraction of sp³-hybridized carbons (Fsp3) is 0.118. The molecule has 0 bridgehead atoms. The number of aryl methyl sites for hydroxylation is 1. The standard InChI is InChI=1S/C17H13F3N4O/c1-24-14(16(21)25)13(15(23-24)17(18,19)20)11-6-4-5-10(9-11)12-7-2-3-8-22-12/h2-9H,1H3,(H2,21,25). The fourth-order valence-electron chi connectivity index (χ4n) is 2.65. The van der Waals surface area contributed by atoms with Gasteiger partial charge in [-0.15, -0.1) is 0 Å². The molecule has 0 fully saturated rings. The van der Waals surface area contributed by atoms with E-state index < -0.39 is 17.8 Å². The van der Waals surface area contributed by atoms with Gasteiger partial charge in [0, 0.05) is 24.4 Å². The van der Waals surface area contributed by atoms with Gasteiger partial charge in [-0.1, -0.05) is 24.3 Å². The Balaban J connectivity index is 2.25. The van der Waals surface area contributed by atoms with Crippen LogP contribution in [0.3, 0.4) is 0 Å². The Morgan fingerprint density at radius 3 is 2.44 bits per heavy atom. The first-order chi connectivity index (χ1) is 11.8. The molecule has 0 atom stereocenters. The van der Waals surface area contributed by atoms with Crippen molar-refractivity contribution in [2.24, 2.45) is 12.8 Å². The third-order valence-corrected chi connectivity index (χ3v) is 3.66. The first-order valence-corrected chi connectivity index (χ1v) is 7.25. The summed E-state index contributed by atoms with van der Waals surface area (Å²) in [7, 11) is 1.25. The van der Waals surface area contributed by atoms with E-state index in [1.807, 2.05) is 0 Å². The Kier molecular flexibility index (Phi) is 4.03. The lowest BCUT2D eigenvalue weighted by atomic mass is 9.99. The summed E-state index contributed by atoms with van der Waals surface area (Å²) < 4.78 is 41.0. The van der Waals surface area contributed by atoms with Crippen molar-refractivity contribution in [1.29, 1.82) is 0 Å². The molecule has 0 unspecified atom stereocenters. The second kappa shape index (κ2) is 6.04. The number of aromatic nitrogens is 3. The molecule has 0 aliphatic carbocycles. The number of halogens is 3. The number of carbonyl (C=O) groups is 1. The highest BCUT2D eigenvalue weighted by Crippen LogP contribution is 2.39. The van der Waals surface area contributed by atoms with E-state index in [0.29, 0.717) is 11.3 Å². The number of nitrogens with zero attached hydrogens (tertiary/aromatic N) is 3. The number of pyridine rings is 1. The minimum atomic E-state index is -4.72. The van der Waals surface area contributed by atoms with Gasteiger partial charge < -0.3 is 5.73 Å². The van der Waals surface area contributed by atoms with E-state index in [0.717, 1.165) is 4.68 Å². The van der Waals surface area contributed by atoms with Crippen LogP contribution in [0.2, 0.25) is 0 Å². The lowest BCUT2D eigenvalue weighted by Gasteiger charge is -2.09. The van der Waals surface area contributed by atoms with E-state index in [4.69, 9.17) is 5.73 Å². The van der Waals surface area contributed by atoms with Crippen LogP contribution < -0.4 is 5.73 Å². The zero-order chi connectivity index (χ0) is 18.2. The van der Waals surface area contributed by atoms with Gasteiger partial charge in [0.2, 0.25) is 0 Å². The van der Waals surface area contributed by atoms with E-state index in [1.54, 1.807) is 36.5 Å². The molecule has 128 valence electrons. The molecule has 5 nitrogen and oxygen atoms in total. The van der Waals surface area contributed by atoms with Crippen LogP contribution in [0.15, 0.2) is 48.7 Å². The minimum absolute atomic E-state index is 0.192. The molecule has 1 aromatic carbocycles. The maximum absolute atomic E-state index is 13.4. The van der Waals surface area contributed by atoms with Gasteiger partial charge >= 0.3 is 6.18 Å². The SMILES string of the molecule is Cn1nc(C(F)(F)F)c(-c2cccc(-c3ccccn3)c2)c1C(N)=O. The van der Waals surface area contributed by atoms with Crippen molar-refractivity contribution in [3.63, 3.8) is 0 Å². The molecule has 0 spiro atoms. The maximum atomic E-state index is 13.4. The van der Waals surface area contributed by atoms with E-state index >= 15 is 0 Å². The predicted octanol–water partition coefficient (Wildman–Crippen LogP) is 3.27. The molecule has 1 amide bonds. The zero-order valence-corrected chi connectivity index (χ0v) is 13.1. The highest BCUT2D eigenvalue weighted by Gasteiger charge is 2.40. The van der Waals surface area contributed by atoms with Crippen molar-refractivity contribution >= 4 is 5.91 Å². The summed E-state index contributed by atoms with van der Waals surface area (Å²) >= 11 is 0. The Morgan fingerprint density at radius 1 is 1.12 bits per heavy atom. The van der Waals surface area contributed by atoms with Gasteiger partial charge in [0.1, 0.15) is 5.69 Å². The number of benzene rings is 1. The highest BCUT2D eigenvalue weighted by atomic mass is 19.4. The summed E-state index contributed by atoms with van der Waals surface area (Å²) in [5, 5.41) is 3.46. The average Bonchev–Trinajstić information content (AvgIpc) is 2.94. The van der Waals surface area contributed by atoms with Gasteiger partial charge in [-0.2, -0.15) is 18.3 Å². The van der Waals surface area contributed by atoms with Crippen molar-refractivity contribution < 1.29 is 18.0 Å². The number of hydrogen-bond acceptors (Lipinski definition) is 3. The Bertz CT molecular complexity index is 933. The Hall–Kier alpha value is -3.16. The maximum Gasteiger partial charge on any atom is 0.435 e. The van der Waals surface area contributed by atoms with Crippen molar-refractivity contribution in [3.05, 3.63) is 60.0 Å². The lowest BCUT2D eigenvalue weighted by molar-refractivity contribution is -0.140. The molecule has 8 heteroatoms. The molecule has 0 radical (unpaired) electrons. The monoisotopic (exact) mass is 346 g/mol. The number of primary amides is 1. The first-order valence-electron chi connectivity index (χ1n) is 7.25. The number of nitrogens with two attached hydrogens (primary N) is 1. The van der Waals surface area contributed by atoms with Crippen LogP contribution in [-0.2, 0) is 13.2 Å². The van der Waals surface area contributed by atoms with Crippen molar-refractivity contribution in [3.8, 4) is 22.4 Å².